The summed E-state index contributed by atoms with van der Waals surface area (Å²) in [7, 11) is 4.19. The lowest BCUT2D eigenvalue weighted by atomic mass is 9.85. The van der Waals surface area contributed by atoms with E-state index < -0.39 is 11.8 Å². The Morgan fingerprint density at radius 3 is 2.59 bits per heavy atom. The maximum atomic E-state index is 11.2. The van der Waals surface area contributed by atoms with Crippen LogP contribution in [0.15, 0.2) is 12.1 Å². The van der Waals surface area contributed by atoms with Crippen molar-refractivity contribution >= 4 is 5.97 Å². The average Bonchev–Trinajstić information content (AvgIpc) is 2.81. The molecule has 0 unspecified atom stereocenters. The minimum Gasteiger partial charge on any atom is -0.478 e. The van der Waals surface area contributed by atoms with E-state index in [2.05, 4.69) is 19.0 Å². The molecular weight excluding hydrogens is 282 g/mol. The largest absolute Gasteiger partial charge is 0.478 e. The third-order valence-electron chi connectivity index (χ3n) is 4.67. The van der Waals surface area contributed by atoms with Crippen molar-refractivity contribution in [2.75, 3.05) is 20.6 Å². The van der Waals surface area contributed by atoms with Crippen LogP contribution in [0.1, 0.15) is 41.6 Å². The third kappa shape index (κ3) is 2.65. The zero-order chi connectivity index (χ0) is 15.9. The van der Waals surface area contributed by atoms with Crippen molar-refractivity contribution in [2.45, 2.75) is 38.4 Å². The number of aromatic carboxylic acids is 1. The molecule has 0 radical (unpaired) electrons. The quantitative estimate of drug-likeness (QED) is 0.930. The van der Waals surface area contributed by atoms with Crippen LogP contribution in [-0.2, 0) is 0 Å². The molecule has 0 aromatic heterocycles. The lowest BCUT2D eigenvalue weighted by Gasteiger charge is -2.36. The first-order valence-electron chi connectivity index (χ1n) is 7.80. The number of fused-ring (bicyclic) bond motifs is 1. The van der Waals surface area contributed by atoms with E-state index in [1.807, 2.05) is 0 Å². The monoisotopic (exact) mass is 305 g/mol. The molecule has 5 nitrogen and oxygen atoms in total. The van der Waals surface area contributed by atoms with E-state index in [4.69, 9.17) is 9.47 Å². The lowest BCUT2D eigenvalue weighted by molar-refractivity contribution is -0.114. The van der Waals surface area contributed by atoms with E-state index >= 15 is 0 Å². The fraction of sp³-hybridized carbons (Fsp3) is 0.588. The molecule has 0 atom stereocenters. The van der Waals surface area contributed by atoms with Crippen molar-refractivity contribution in [3.8, 4) is 11.5 Å². The van der Waals surface area contributed by atoms with E-state index in [0.717, 1.165) is 32.2 Å². The minimum absolute atomic E-state index is 0.278. The highest BCUT2D eigenvalue weighted by Gasteiger charge is 2.45. The molecule has 1 aromatic carbocycles. The van der Waals surface area contributed by atoms with Crippen molar-refractivity contribution in [1.82, 2.24) is 4.90 Å². The molecular formula is C17H23NO4. The highest BCUT2D eigenvalue weighted by molar-refractivity contribution is 5.90. The Labute approximate surface area is 130 Å². The van der Waals surface area contributed by atoms with E-state index in [1.165, 1.54) is 0 Å². The average molecular weight is 305 g/mol. The number of benzene rings is 1. The fourth-order valence-corrected chi connectivity index (χ4v) is 3.53. The molecule has 1 aliphatic carbocycles. The molecule has 1 saturated carbocycles. The van der Waals surface area contributed by atoms with E-state index in [9.17, 15) is 9.90 Å². The van der Waals surface area contributed by atoms with Gasteiger partial charge in [0.1, 0.15) is 0 Å². The molecule has 2 aliphatic rings. The molecule has 1 N–H and O–H groups in total. The molecule has 1 spiro atoms. The molecule has 1 heterocycles. The molecule has 22 heavy (non-hydrogen) atoms. The molecule has 0 amide bonds. The highest BCUT2D eigenvalue weighted by Crippen LogP contribution is 2.48. The first-order valence-corrected chi connectivity index (χ1v) is 7.80. The van der Waals surface area contributed by atoms with Gasteiger partial charge in [0, 0.05) is 24.9 Å². The standard InChI is InChI=1S/C17H23NO4/c1-11-13(16(19)20)4-5-14-15(11)22-17(21-14)8-6-12(7-9-17)10-18(2)3/h4-5,12H,6-10H2,1-3H3,(H,19,20). The molecule has 1 fully saturated rings. The van der Waals surface area contributed by atoms with Crippen LogP contribution < -0.4 is 9.47 Å². The van der Waals surface area contributed by atoms with E-state index in [-0.39, 0.29) is 5.56 Å². The van der Waals surface area contributed by atoms with Gasteiger partial charge < -0.3 is 19.5 Å². The predicted octanol–water partition coefficient (Wildman–Crippen LogP) is 2.91. The molecule has 0 saturated heterocycles. The van der Waals surface area contributed by atoms with Crippen molar-refractivity contribution in [2.24, 2.45) is 5.92 Å². The number of carbonyl (C=O) groups is 1. The summed E-state index contributed by atoms with van der Waals surface area (Å²) < 4.78 is 12.2. The van der Waals surface area contributed by atoms with Crippen molar-refractivity contribution in [1.29, 1.82) is 0 Å². The Morgan fingerprint density at radius 2 is 2.00 bits per heavy atom. The maximum Gasteiger partial charge on any atom is 0.336 e. The van der Waals surface area contributed by atoms with Crippen LogP contribution in [0.2, 0.25) is 0 Å². The molecule has 5 heteroatoms. The number of rotatable bonds is 3. The normalized spacial score (nSPS) is 26.6. The summed E-state index contributed by atoms with van der Waals surface area (Å²) in [6.07, 6.45) is 3.83. The number of nitrogens with zero attached hydrogens (tertiary/aromatic N) is 1. The molecule has 3 rings (SSSR count). The SMILES string of the molecule is Cc1c(C(=O)O)ccc2c1OC1(CCC(CN(C)C)CC1)O2. The Balaban J connectivity index is 1.75. The van der Waals surface area contributed by atoms with Gasteiger partial charge in [-0.3, -0.25) is 0 Å². The second-order valence-electron chi connectivity index (χ2n) is 6.69. The van der Waals surface area contributed by atoms with Gasteiger partial charge in [-0.05, 0) is 51.9 Å². The maximum absolute atomic E-state index is 11.2. The topological polar surface area (TPSA) is 59.0 Å². The van der Waals surface area contributed by atoms with E-state index in [1.54, 1.807) is 19.1 Å². The minimum atomic E-state index is -0.931. The number of carboxylic acid groups (broad SMARTS) is 1. The molecule has 120 valence electrons. The van der Waals surface area contributed by atoms with Crippen LogP contribution >= 0.6 is 0 Å². The second-order valence-corrected chi connectivity index (χ2v) is 6.69. The Kier molecular flexibility index (Phi) is 3.77. The zero-order valence-corrected chi connectivity index (χ0v) is 13.4. The first kappa shape index (κ1) is 15.2. The van der Waals surface area contributed by atoms with Gasteiger partial charge in [-0.2, -0.15) is 0 Å². The van der Waals surface area contributed by atoms with Crippen LogP contribution in [0.4, 0.5) is 0 Å². The van der Waals surface area contributed by atoms with Crippen LogP contribution in [0.25, 0.3) is 0 Å². The number of ether oxygens (including phenoxy) is 2. The summed E-state index contributed by atoms with van der Waals surface area (Å²) in [6, 6.07) is 3.31. The first-order chi connectivity index (χ1) is 10.4. The smallest absolute Gasteiger partial charge is 0.336 e. The third-order valence-corrected chi connectivity index (χ3v) is 4.67. The van der Waals surface area contributed by atoms with Crippen LogP contribution in [0.5, 0.6) is 11.5 Å². The van der Waals surface area contributed by atoms with Gasteiger partial charge in [0.15, 0.2) is 11.5 Å². The Morgan fingerprint density at radius 1 is 1.32 bits per heavy atom. The second kappa shape index (κ2) is 5.47. The number of hydrogen-bond acceptors (Lipinski definition) is 4. The van der Waals surface area contributed by atoms with Crippen molar-refractivity contribution in [3.63, 3.8) is 0 Å². The summed E-state index contributed by atoms with van der Waals surface area (Å²) in [4.78, 5) is 13.5. The van der Waals surface area contributed by atoms with Gasteiger partial charge in [-0.1, -0.05) is 0 Å². The summed E-state index contributed by atoms with van der Waals surface area (Å²) >= 11 is 0. The van der Waals surface area contributed by atoms with Gasteiger partial charge in [0.2, 0.25) is 0 Å². The predicted molar refractivity (Wildman–Crippen MR) is 82.6 cm³/mol. The molecule has 0 bridgehead atoms. The summed E-state index contributed by atoms with van der Waals surface area (Å²) in [6.45, 7) is 2.87. The fourth-order valence-electron chi connectivity index (χ4n) is 3.53. The Bertz CT molecular complexity index is 589. The van der Waals surface area contributed by atoms with Crippen molar-refractivity contribution < 1.29 is 19.4 Å². The Hall–Kier alpha value is -1.75. The van der Waals surface area contributed by atoms with Crippen LogP contribution in [0.3, 0.4) is 0 Å². The number of carboxylic acids is 1. The van der Waals surface area contributed by atoms with Gasteiger partial charge in [0.05, 0.1) is 5.56 Å². The number of hydrogen-bond donors (Lipinski definition) is 1. The summed E-state index contributed by atoms with van der Waals surface area (Å²) in [5, 5.41) is 9.22. The van der Waals surface area contributed by atoms with Crippen LogP contribution in [-0.4, -0.2) is 42.4 Å². The highest BCUT2D eigenvalue weighted by atomic mass is 16.7. The van der Waals surface area contributed by atoms with Gasteiger partial charge >= 0.3 is 5.97 Å². The van der Waals surface area contributed by atoms with E-state index in [0.29, 0.717) is 23.0 Å². The summed E-state index contributed by atoms with van der Waals surface area (Å²) in [5.41, 5.74) is 0.929. The molecule has 1 aliphatic heterocycles. The zero-order valence-electron chi connectivity index (χ0n) is 13.4. The molecule has 1 aromatic rings. The summed E-state index contributed by atoms with van der Waals surface area (Å²) in [5.74, 6) is 0.429. The van der Waals surface area contributed by atoms with Gasteiger partial charge in [0.25, 0.3) is 5.79 Å². The lowest BCUT2D eigenvalue weighted by Crippen LogP contribution is -2.43. The van der Waals surface area contributed by atoms with Gasteiger partial charge in [-0.15, -0.1) is 0 Å². The van der Waals surface area contributed by atoms with Crippen molar-refractivity contribution in [3.05, 3.63) is 23.3 Å². The van der Waals surface area contributed by atoms with Gasteiger partial charge in [-0.25, -0.2) is 4.79 Å². The van der Waals surface area contributed by atoms with Crippen LogP contribution in [0, 0.1) is 12.8 Å².